The van der Waals surface area contributed by atoms with Gasteiger partial charge in [0.2, 0.25) is 11.5 Å². The Bertz CT molecular complexity index is 1660. The summed E-state index contributed by atoms with van der Waals surface area (Å²) in [5.41, 5.74) is 4.57. The molecule has 0 aliphatic rings. The van der Waals surface area contributed by atoms with E-state index >= 15 is 0 Å². The van der Waals surface area contributed by atoms with Crippen molar-refractivity contribution in [2.45, 2.75) is 52.1 Å². The van der Waals surface area contributed by atoms with Crippen molar-refractivity contribution in [1.82, 2.24) is 4.98 Å². The van der Waals surface area contributed by atoms with E-state index in [-0.39, 0.29) is 6.42 Å². The van der Waals surface area contributed by atoms with Crippen LogP contribution < -0.4 is 9.47 Å². The van der Waals surface area contributed by atoms with Gasteiger partial charge in [0.1, 0.15) is 17.3 Å². The van der Waals surface area contributed by atoms with Gasteiger partial charge in [-0.25, -0.2) is 9.78 Å². The first-order valence-corrected chi connectivity index (χ1v) is 14.7. The van der Waals surface area contributed by atoms with Gasteiger partial charge in [0.05, 0.1) is 12.3 Å². The number of hydrogen-bond donors (Lipinski definition) is 1. The minimum absolute atomic E-state index is 0.223. The minimum Gasteiger partial charge on any atom is -0.493 e. The van der Waals surface area contributed by atoms with Crippen molar-refractivity contribution in [1.29, 1.82) is 0 Å². The van der Waals surface area contributed by atoms with Gasteiger partial charge in [0, 0.05) is 18.4 Å². The second-order valence-electron chi connectivity index (χ2n) is 10.9. The highest BCUT2D eigenvalue weighted by molar-refractivity contribution is 5.78. The molecule has 0 fully saturated rings. The Kier molecular flexibility index (Phi) is 9.26. The third-order valence-electron chi connectivity index (χ3n) is 7.43. The Morgan fingerprint density at radius 3 is 2.28 bits per heavy atom. The molecule has 1 N–H and O–H groups in total. The summed E-state index contributed by atoms with van der Waals surface area (Å²) < 4.78 is 18.2. The fraction of sp³-hybridized carbons (Fsp3) is 0.243. The van der Waals surface area contributed by atoms with Crippen molar-refractivity contribution < 1.29 is 23.8 Å². The predicted molar refractivity (Wildman–Crippen MR) is 169 cm³/mol. The number of nitrogens with zero attached hydrogens (tertiary/aromatic N) is 1. The number of carboxylic acids is 1. The largest absolute Gasteiger partial charge is 0.493 e. The number of ether oxygens (including phenoxy) is 2. The Labute approximate surface area is 253 Å². The molecule has 4 aromatic carbocycles. The van der Waals surface area contributed by atoms with Crippen LogP contribution in [0, 0.1) is 6.92 Å². The Hall–Kier alpha value is -4.84. The maximum atomic E-state index is 12.2. The van der Waals surface area contributed by atoms with E-state index in [0.29, 0.717) is 24.7 Å². The van der Waals surface area contributed by atoms with E-state index in [2.05, 4.69) is 31.2 Å². The Balaban J connectivity index is 1.26. The molecule has 0 spiro atoms. The number of carboxylic acid groups (broad SMARTS) is 1. The number of benzene rings is 4. The van der Waals surface area contributed by atoms with Crippen molar-refractivity contribution in [3.63, 3.8) is 0 Å². The summed E-state index contributed by atoms with van der Waals surface area (Å²) in [7, 11) is 0. The highest BCUT2D eigenvalue weighted by atomic mass is 16.5. The van der Waals surface area contributed by atoms with Gasteiger partial charge in [-0.1, -0.05) is 86.1 Å². The third-order valence-corrected chi connectivity index (χ3v) is 7.43. The first-order chi connectivity index (χ1) is 20.8. The van der Waals surface area contributed by atoms with Gasteiger partial charge < -0.3 is 19.0 Å². The van der Waals surface area contributed by atoms with Crippen LogP contribution in [0.25, 0.3) is 22.6 Å². The van der Waals surface area contributed by atoms with Crippen LogP contribution in [-0.2, 0) is 24.1 Å². The topological polar surface area (TPSA) is 81.8 Å². The van der Waals surface area contributed by atoms with Crippen molar-refractivity contribution >= 4 is 5.97 Å². The highest BCUT2D eigenvalue weighted by Crippen LogP contribution is 2.29. The molecule has 5 aromatic rings. The molecule has 220 valence electrons. The van der Waals surface area contributed by atoms with Crippen molar-refractivity contribution in [2.24, 2.45) is 0 Å². The van der Waals surface area contributed by atoms with E-state index in [1.54, 1.807) is 19.1 Å². The molecular weight excluding hydrogens is 538 g/mol. The Morgan fingerprint density at radius 1 is 0.860 bits per heavy atom. The molecule has 43 heavy (non-hydrogen) atoms. The number of para-hydroxylation sites is 1. The molecule has 5 rings (SSSR count). The van der Waals surface area contributed by atoms with Crippen molar-refractivity contribution in [3.05, 3.63) is 126 Å². The van der Waals surface area contributed by atoms with E-state index in [9.17, 15) is 9.90 Å². The zero-order chi connectivity index (χ0) is 30.2. The minimum atomic E-state index is -1.41. The maximum Gasteiger partial charge on any atom is 0.348 e. The summed E-state index contributed by atoms with van der Waals surface area (Å²) in [6.45, 7) is 6.10. The number of carbonyl (C=O) groups is 1. The SMILES string of the molecule is CCCc1cc(CC(C)(Oc2ccccc2)C(=O)O)ccc1OCCc1nc(-c2cccc(-c3ccccc3)c2)oc1C. The number of oxazole rings is 1. The third kappa shape index (κ3) is 7.33. The highest BCUT2D eigenvalue weighted by Gasteiger charge is 2.36. The van der Waals surface area contributed by atoms with Gasteiger partial charge in [-0.15, -0.1) is 0 Å². The van der Waals surface area contributed by atoms with Gasteiger partial charge in [-0.05, 0) is 72.9 Å². The van der Waals surface area contributed by atoms with E-state index < -0.39 is 11.6 Å². The number of hydrogen-bond acceptors (Lipinski definition) is 5. The van der Waals surface area contributed by atoms with Gasteiger partial charge in [-0.2, -0.15) is 0 Å². The van der Waals surface area contributed by atoms with Gasteiger partial charge in [0.25, 0.3) is 0 Å². The van der Waals surface area contributed by atoms with Crippen LogP contribution in [0.5, 0.6) is 11.5 Å². The predicted octanol–water partition coefficient (Wildman–Crippen LogP) is 8.36. The van der Waals surface area contributed by atoms with Crippen molar-refractivity contribution in [2.75, 3.05) is 6.61 Å². The molecule has 6 nitrogen and oxygen atoms in total. The van der Waals surface area contributed by atoms with Crippen LogP contribution in [0.15, 0.2) is 108 Å². The number of aliphatic carboxylic acids is 1. The molecule has 0 bridgehead atoms. The zero-order valence-electron chi connectivity index (χ0n) is 24.9. The van der Waals surface area contributed by atoms with E-state index in [1.807, 2.05) is 73.7 Å². The fourth-order valence-electron chi connectivity index (χ4n) is 5.15. The standard InChI is InChI=1S/C37H37NO5/c1-4-12-30-23-27(25-37(3,36(39)40)43-32-17-9-6-10-18-32)19-20-34(30)41-22-21-33-26(2)42-35(38-33)31-16-11-15-29(24-31)28-13-7-5-8-14-28/h5-11,13-20,23-24H,4,12,21-22,25H2,1-3H3,(H,39,40). The molecule has 0 radical (unpaired) electrons. The normalized spacial score (nSPS) is 12.4. The molecule has 1 aromatic heterocycles. The second kappa shape index (κ2) is 13.4. The lowest BCUT2D eigenvalue weighted by atomic mass is 9.94. The summed E-state index contributed by atoms with van der Waals surface area (Å²) in [5.74, 6) is 1.68. The summed E-state index contributed by atoms with van der Waals surface area (Å²) >= 11 is 0. The Morgan fingerprint density at radius 2 is 1.56 bits per heavy atom. The van der Waals surface area contributed by atoms with E-state index in [0.717, 1.165) is 57.9 Å². The lowest BCUT2D eigenvalue weighted by Gasteiger charge is -2.27. The quantitative estimate of drug-likeness (QED) is 0.152. The molecule has 1 unspecified atom stereocenters. The van der Waals surface area contributed by atoms with Crippen LogP contribution in [0.3, 0.4) is 0 Å². The van der Waals surface area contributed by atoms with Crippen LogP contribution in [0.4, 0.5) is 0 Å². The summed E-state index contributed by atoms with van der Waals surface area (Å²) in [6.07, 6.45) is 2.57. The smallest absolute Gasteiger partial charge is 0.348 e. The average Bonchev–Trinajstić information content (AvgIpc) is 3.39. The lowest BCUT2D eigenvalue weighted by Crippen LogP contribution is -2.43. The lowest BCUT2D eigenvalue weighted by molar-refractivity contribution is -0.153. The fourth-order valence-corrected chi connectivity index (χ4v) is 5.15. The molecule has 1 heterocycles. The van der Waals surface area contributed by atoms with E-state index in [1.165, 1.54) is 0 Å². The average molecular weight is 576 g/mol. The molecule has 0 saturated carbocycles. The zero-order valence-corrected chi connectivity index (χ0v) is 24.9. The van der Waals surface area contributed by atoms with Crippen molar-refractivity contribution in [3.8, 4) is 34.1 Å². The number of rotatable bonds is 13. The van der Waals surface area contributed by atoms with Crippen LogP contribution in [-0.4, -0.2) is 28.3 Å². The number of aryl methyl sites for hydroxylation is 2. The van der Waals surface area contributed by atoms with Crippen LogP contribution >= 0.6 is 0 Å². The summed E-state index contributed by atoms with van der Waals surface area (Å²) in [6, 6.07) is 33.4. The van der Waals surface area contributed by atoms with Gasteiger partial charge in [0.15, 0.2) is 0 Å². The van der Waals surface area contributed by atoms with Gasteiger partial charge >= 0.3 is 5.97 Å². The monoisotopic (exact) mass is 575 g/mol. The molecule has 1 atom stereocenters. The molecule has 6 heteroatoms. The summed E-state index contributed by atoms with van der Waals surface area (Å²) in [4.78, 5) is 17.0. The molecule has 0 aliphatic heterocycles. The van der Waals surface area contributed by atoms with Gasteiger partial charge in [-0.3, -0.25) is 0 Å². The van der Waals surface area contributed by atoms with E-state index in [4.69, 9.17) is 18.9 Å². The summed E-state index contributed by atoms with van der Waals surface area (Å²) in [5, 5.41) is 10.0. The van der Waals surface area contributed by atoms with Crippen LogP contribution in [0.1, 0.15) is 42.8 Å². The first-order valence-electron chi connectivity index (χ1n) is 14.7. The molecule has 0 aliphatic carbocycles. The second-order valence-corrected chi connectivity index (χ2v) is 10.9. The first kappa shape index (κ1) is 29.6. The molecular formula is C37H37NO5. The maximum absolute atomic E-state index is 12.2. The van der Waals surface area contributed by atoms with Crippen LogP contribution in [0.2, 0.25) is 0 Å². The molecule has 0 saturated heterocycles. The molecule has 0 amide bonds. The number of aromatic nitrogens is 1.